The van der Waals surface area contributed by atoms with Crippen molar-refractivity contribution in [3.63, 3.8) is 0 Å². The largest absolute Gasteiger partial charge is 0.492 e. The second-order valence-corrected chi connectivity index (χ2v) is 8.03. The van der Waals surface area contributed by atoms with Crippen LogP contribution in [0, 0.1) is 0 Å². The van der Waals surface area contributed by atoms with Crippen molar-refractivity contribution in [1.29, 1.82) is 0 Å². The first-order chi connectivity index (χ1) is 15.7. The van der Waals surface area contributed by atoms with Crippen LogP contribution in [-0.2, 0) is 6.42 Å². The number of rotatable bonds is 8. The van der Waals surface area contributed by atoms with Crippen molar-refractivity contribution in [3.8, 4) is 17.2 Å². The molecule has 0 aliphatic carbocycles. The summed E-state index contributed by atoms with van der Waals surface area (Å²) in [6.07, 6.45) is 0.765. The monoisotopic (exact) mass is 487 g/mol. The molecule has 4 aromatic carbocycles. The van der Waals surface area contributed by atoms with Gasteiger partial charge in [0.25, 0.3) is 5.91 Å². The highest BCUT2D eigenvalue weighted by Crippen LogP contribution is 2.26. The second-order valence-electron chi connectivity index (χ2n) is 7.12. The van der Waals surface area contributed by atoms with Crippen molar-refractivity contribution in [1.82, 2.24) is 0 Å². The Balaban J connectivity index is 1.40. The van der Waals surface area contributed by atoms with Crippen LogP contribution in [0.15, 0.2) is 108 Å². The molecule has 5 heteroatoms. The Bertz CT molecular complexity index is 1160. The molecule has 1 N–H and O–H groups in total. The molecular weight excluding hydrogens is 466 g/mol. The molecule has 0 heterocycles. The lowest BCUT2D eigenvalue weighted by Crippen LogP contribution is -2.14. The molecule has 0 saturated carbocycles. The first-order valence-electron chi connectivity index (χ1n) is 10.3. The molecule has 0 saturated heterocycles. The van der Waals surface area contributed by atoms with E-state index in [9.17, 15) is 4.79 Å². The number of ether oxygens (including phenoxy) is 2. The Morgan fingerprint density at radius 3 is 2.16 bits per heavy atom. The maximum absolute atomic E-state index is 13.0. The Hall–Kier alpha value is -3.57. The molecule has 0 bridgehead atoms. The van der Waals surface area contributed by atoms with Crippen LogP contribution in [0.25, 0.3) is 0 Å². The average Bonchev–Trinajstić information content (AvgIpc) is 2.82. The highest BCUT2D eigenvalue weighted by Gasteiger charge is 2.14. The van der Waals surface area contributed by atoms with Crippen molar-refractivity contribution in [2.45, 2.75) is 6.42 Å². The SMILES string of the molecule is O=C(Nc1ccc(Oc2ccccc2)cc1)c1cc(Br)ccc1OCCc1ccccc1. The minimum Gasteiger partial charge on any atom is -0.492 e. The van der Waals surface area contributed by atoms with Crippen LogP contribution in [0.1, 0.15) is 15.9 Å². The summed E-state index contributed by atoms with van der Waals surface area (Å²) in [4.78, 5) is 13.0. The van der Waals surface area contributed by atoms with Crippen LogP contribution >= 0.6 is 15.9 Å². The van der Waals surface area contributed by atoms with Crippen LogP contribution < -0.4 is 14.8 Å². The van der Waals surface area contributed by atoms with Crippen LogP contribution in [0.3, 0.4) is 0 Å². The number of para-hydroxylation sites is 1. The van der Waals surface area contributed by atoms with E-state index in [1.165, 1.54) is 5.56 Å². The van der Waals surface area contributed by atoms with Gasteiger partial charge in [-0.05, 0) is 60.2 Å². The zero-order valence-electron chi connectivity index (χ0n) is 17.3. The molecule has 0 radical (unpaired) electrons. The van der Waals surface area contributed by atoms with Gasteiger partial charge in [0.15, 0.2) is 0 Å². The predicted molar refractivity (Wildman–Crippen MR) is 131 cm³/mol. The minimum absolute atomic E-state index is 0.238. The van der Waals surface area contributed by atoms with E-state index in [1.54, 1.807) is 12.1 Å². The molecule has 4 rings (SSSR count). The van der Waals surface area contributed by atoms with Crippen molar-refractivity contribution >= 4 is 27.5 Å². The maximum Gasteiger partial charge on any atom is 0.259 e. The third kappa shape index (κ3) is 5.99. The third-order valence-corrected chi connectivity index (χ3v) is 5.26. The van der Waals surface area contributed by atoms with Gasteiger partial charge >= 0.3 is 0 Å². The first kappa shape index (κ1) is 21.7. The summed E-state index contributed by atoms with van der Waals surface area (Å²) in [5.41, 5.74) is 2.33. The standard InChI is InChI=1S/C27H22BrNO3/c28-21-11-16-26(31-18-17-20-7-3-1-4-8-20)25(19-21)27(30)29-22-12-14-24(15-13-22)32-23-9-5-2-6-10-23/h1-16,19H,17-18H2,(H,29,30). The minimum atomic E-state index is -0.238. The number of hydrogen-bond acceptors (Lipinski definition) is 3. The van der Waals surface area contributed by atoms with Gasteiger partial charge in [0.1, 0.15) is 17.2 Å². The number of carbonyl (C=O) groups is 1. The quantitative estimate of drug-likeness (QED) is 0.287. The van der Waals surface area contributed by atoms with E-state index >= 15 is 0 Å². The summed E-state index contributed by atoms with van der Waals surface area (Å²) in [6.45, 7) is 0.484. The molecule has 0 fully saturated rings. The number of nitrogens with one attached hydrogen (secondary N) is 1. The van der Waals surface area contributed by atoms with Crippen molar-refractivity contribution in [3.05, 3.63) is 119 Å². The van der Waals surface area contributed by atoms with Gasteiger partial charge in [0.2, 0.25) is 0 Å². The van der Waals surface area contributed by atoms with E-state index in [0.29, 0.717) is 29.4 Å². The molecule has 1 amide bonds. The van der Waals surface area contributed by atoms with Gasteiger partial charge in [-0.15, -0.1) is 0 Å². The van der Waals surface area contributed by atoms with E-state index in [1.807, 2.05) is 78.9 Å². The molecule has 0 aliphatic rings. The van der Waals surface area contributed by atoms with Crippen LogP contribution in [0.2, 0.25) is 0 Å². The lowest BCUT2D eigenvalue weighted by molar-refractivity contribution is 0.102. The van der Waals surface area contributed by atoms with E-state index in [2.05, 4.69) is 33.4 Å². The highest BCUT2D eigenvalue weighted by molar-refractivity contribution is 9.10. The zero-order chi connectivity index (χ0) is 22.2. The predicted octanol–water partition coefficient (Wildman–Crippen LogP) is 7.12. The summed E-state index contributed by atoms with van der Waals surface area (Å²) in [5, 5.41) is 2.93. The number of carbonyl (C=O) groups excluding carboxylic acids is 1. The number of anilines is 1. The molecule has 0 atom stereocenters. The molecule has 160 valence electrons. The van der Waals surface area contributed by atoms with Gasteiger partial charge < -0.3 is 14.8 Å². The van der Waals surface area contributed by atoms with Gasteiger partial charge in [0, 0.05) is 16.6 Å². The normalized spacial score (nSPS) is 10.4. The molecule has 0 unspecified atom stereocenters. The summed E-state index contributed by atoms with van der Waals surface area (Å²) < 4.78 is 12.5. The second kappa shape index (κ2) is 10.6. The Morgan fingerprint density at radius 1 is 0.781 bits per heavy atom. The van der Waals surface area contributed by atoms with Gasteiger partial charge in [-0.1, -0.05) is 64.5 Å². The molecule has 32 heavy (non-hydrogen) atoms. The summed E-state index contributed by atoms with van der Waals surface area (Å²) in [7, 11) is 0. The smallest absolute Gasteiger partial charge is 0.259 e. The molecule has 0 spiro atoms. The third-order valence-electron chi connectivity index (χ3n) is 4.77. The van der Waals surface area contributed by atoms with Gasteiger partial charge in [-0.2, -0.15) is 0 Å². The number of halogens is 1. The zero-order valence-corrected chi connectivity index (χ0v) is 18.9. The molecular formula is C27H22BrNO3. The van der Waals surface area contributed by atoms with Crippen LogP contribution in [0.4, 0.5) is 5.69 Å². The number of hydrogen-bond donors (Lipinski definition) is 1. The Labute approximate surface area is 196 Å². The van der Waals surface area contributed by atoms with Crippen molar-refractivity contribution < 1.29 is 14.3 Å². The summed E-state index contributed by atoms with van der Waals surface area (Å²) in [5.74, 6) is 1.76. The van der Waals surface area contributed by atoms with Crippen molar-refractivity contribution in [2.75, 3.05) is 11.9 Å². The highest BCUT2D eigenvalue weighted by atomic mass is 79.9. The Kier molecular flexibility index (Phi) is 7.20. The maximum atomic E-state index is 13.0. The van der Waals surface area contributed by atoms with Crippen molar-refractivity contribution in [2.24, 2.45) is 0 Å². The molecule has 0 aromatic heterocycles. The fourth-order valence-electron chi connectivity index (χ4n) is 3.16. The topological polar surface area (TPSA) is 47.6 Å². The van der Waals surface area contributed by atoms with Gasteiger partial charge in [-0.3, -0.25) is 4.79 Å². The summed E-state index contributed by atoms with van der Waals surface area (Å²) in [6, 6.07) is 32.4. The summed E-state index contributed by atoms with van der Waals surface area (Å²) >= 11 is 3.44. The van der Waals surface area contributed by atoms with Crippen LogP contribution in [-0.4, -0.2) is 12.5 Å². The molecule has 4 nitrogen and oxygen atoms in total. The van der Waals surface area contributed by atoms with E-state index in [0.717, 1.165) is 16.6 Å². The number of benzene rings is 4. The number of amides is 1. The van der Waals surface area contributed by atoms with E-state index in [-0.39, 0.29) is 5.91 Å². The molecule has 0 aliphatic heterocycles. The lowest BCUT2D eigenvalue weighted by atomic mass is 10.1. The van der Waals surface area contributed by atoms with Gasteiger partial charge in [0.05, 0.1) is 12.2 Å². The van der Waals surface area contributed by atoms with E-state index in [4.69, 9.17) is 9.47 Å². The first-order valence-corrected chi connectivity index (χ1v) is 11.1. The average molecular weight is 488 g/mol. The van der Waals surface area contributed by atoms with Gasteiger partial charge in [-0.25, -0.2) is 0 Å². The fraction of sp³-hybridized carbons (Fsp3) is 0.0741. The van der Waals surface area contributed by atoms with E-state index < -0.39 is 0 Å². The Morgan fingerprint density at radius 2 is 1.44 bits per heavy atom. The lowest BCUT2D eigenvalue weighted by Gasteiger charge is -2.13. The molecule has 4 aromatic rings. The van der Waals surface area contributed by atoms with Crippen LogP contribution in [0.5, 0.6) is 17.2 Å². The fourth-order valence-corrected chi connectivity index (χ4v) is 3.52.